The molecule has 39 heavy (non-hydrogen) atoms. The average molecular weight is 572 g/mol. The van der Waals surface area contributed by atoms with Crippen LogP contribution in [-0.2, 0) is 10.0 Å². The van der Waals surface area contributed by atoms with Crippen LogP contribution in [0, 0.1) is 5.92 Å². The molecule has 1 unspecified atom stereocenters. The van der Waals surface area contributed by atoms with Gasteiger partial charge in [0.1, 0.15) is 5.69 Å². The molecule has 1 saturated heterocycles. The Balaban J connectivity index is 1.36. The summed E-state index contributed by atoms with van der Waals surface area (Å²) in [6.07, 6.45) is 11.3. The van der Waals surface area contributed by atoms with Crippen molar-refractivity contribution in [1.29, 1.82) is 0 Å². The van der Waals surface area contributed by atoms with Crippen LogP contribution in [0.1, 0.15) is 67.0 Å². The summed E-state index contributed by atoms with van der Waals surface area (Å²) in [6.45, 7) is 4.02. The van der Waals surface area contributed by atoms with Crippen LogP contribution in [0.5, 0.6) is 5.88 Å². The number of nitrogens with zero attached hydrogens (tertiary/aromatic N) is 4. The lowest BCUT2D eigenvalue weighted by Gasteiger charge is -2.31. The van der Waals surface area contributed by atoms with Crippen LogP contribution >= 0.6 is 11.3 Å². The quantitative estimate of drug-likeness (QED) is 0.332. The first-order chi connectivity index (χ1) is 18.9. The third kappa shape index (κ3) is 6.71. The second-order valence-electron chi connectivity index (χ2n) is 9.77. The molecule has 11 nitrogen and oxygen atoms in total. The van der Waals surface area contributed by atoms with E-state index in [0.717, 1.165) is 38.8 Å². The molecule has 208 valence electrons. The molecular weight excluding hydrogens is 538 g/mol. The van der Waals surface area contributed by atoms with E-state index in [2.05, 4.69) is 35.3 Å². The van der Waals surface area contributed by atoms with E-state index in [9.17, 15) is 13.2 Å². The van der Waals surface area contributed by atoms with Crippen molar-refractivity contribution in [3.8, 4) is 16.5 Å². The molecular formula is C26H33N7O4S2. The summed E-state index contributed by atoms with van der Waals surface area (Å²) in [4.78, 5) is 31.6. The third-order valence-corrected chi connectivity index (χ3v) is 9.99. The lowest BCUT2D eigenvalue weighted by molar-refractivity contribution is 0.0912. The molecule has 0 bridgehead atoms. The van der Waals surface area contributed by atoms with Crippen molar-refractivity contribution in [2.75, 3.05) is 24.4 Å². The van der Waals surface area contributed by atoms with Gasteiger partial charge in [0.15, 0.2) is 5.01 Å². The van der Waals surface area contributed by atoms with E-state index >= 15 is 0 Å². The number of anilines is 1. The van der Waals surface area contributed by atoms with E-state index in [-0.39, 0.29) is 17.1 Å². The first-order valence-electron chi connectivity index (χ1n) is 13.3. The summed E-state index contributed by atoms with van der Waals surface area (Å²) in [5.74, 6) is 0.231. The fourth-order valence-electron chi connectivity index (χ4n) is 5.12. The number of hydrogen-bond acceptors (Lipinski definition) is 10. The Labute approximate surface area is 232 Å². The summed E-state index contributed by atoms with van der Waals surface area (Å²) < 4.78 is 34.0. The van der Waals surface area contributed by atoms with Gasteiger partial charge in [0.2, 0.25) is 15.9 Å². The monoisotopic (exact) mass is 571 g/mol. The van der Waals surface area contributed by atoms with Crippen molar-refractivity contribution in [1.82, 2.24) is 30.6 Å². The number of carbonyl (C=O) groups is 1. The summed E-state index contributed by atoms with van der Waals surface area (Å²) >= 11 is 1.22. The fraction of sp³-hybridized carbons (Fsp3) is 0.500. The highest BCUT2D eigenvalue weighted by Gasteiger charge is 2.31. The van der Waals surface area contributed by atoms with Crippen molar-refractivity contribution < 1.29 is 17.9 Å². The van der Waals surface area contributed by atoms with E-state index in [0.29, 0.717) is 52.3 Å². The van der Waals surface area contributed by atoms with Gasteiger partial charge in [-0.05, 0) is 63.7 Å². The lowest BCUT2D eigenvalue weighted by atomic mass is 9.88. The van der Waals surface area contributed by atoms with Crippen LogP contribution in [-0.4, -0.2) is 59.2 Å². The molecule has 1 aliphatic carbocycles. The molecule has 2 fully saturated rings. The second kappa shape index (κ2) is 12.3. The van der Waals surface area contributed by atoms with Crippen molar-refractivity contribution >= 4 is 33.0 Å². The van der Waals surface area contributed by atoms with E-state index in [1.807, 2.05) is 6.92 Å². The average Bonchev–Trinajstić information content (AvgIpc) is 3.66. The maximum Gasteiger partial charge on any atom is 0.280 e. The zero-order valence-electron chi connectivity index (χ0n) is 21.8. The minimum absolute atomic E-state index is 0.137. The van der Waals surface area contributed by atoms with Crippen molar-refractivity contribution in [2.24, 2.45) is 5.92 Å². The molecule has 5 rings (SSSR count). The summed E-state index contributed by atoms with van der Waals surface area (Å²) in [5.41, 5.74) is 1.66. The molecule has 13 heteroatoms. The van der Waals surface area contributed by atoms with Gasteiger partial charge in [0.25, 0.3) is 5.91 Å². The van der Waals surface area contributed by atoms with Crippen molar-refractivity contribution in [3.05, 3.63) is 47.6 Å². The minimum atomic E-state index is -3.48. The van der Waals surface area contributed by atoms with E-state index in [1.165, 1.54) is 11.3 Å². The normalized spacial score (nSPS) is 17.6. The van der Waals surface area contributed by atoms with E-state index in [1.54, 1.807) is 36.9 Å². The Kier molecular flexibility index (Phi) is 8.68. The lowest BCUT2D eigenvalue weighted by Crippen LogP contribution is -2.39. The predicted molar refractivity (Wildman–Crippen MR) is 149 cm³/mol. The standard InChI is InChI=1S/C26H33N7O4S2/c1-2-37-23-16-28-14-21(31-23)22-15-30-26(38-22)25(34)32-24(17-7-10-27-11-8-17)20-13-18(9-12-29-20)33-39(35,36)19-5-3-4-6-19/h9,12-17,19,24,27H,2-8,10-11H2,1H3,(H,29,33)(H,32,34). The molecule has 2 aliphatic rings. The number of hydrogen-bond donors (Lipinski definition) is 3. The summed E-state index contributed by atoms with van der Waals surface area (Å²) in [6, 6.07) is 2.99. The number of amides is 1. The van der Waals surface area contributed by atoms with Crippen LogP contribution in [0.15, 0.2) is 36.9 Å². The van der Waals surface area contributed by atoms with Gasteiger partial charge in [-0.15, -0.1) is 11.3 Å². The predicted octanol–water partition coefficient (Wildman–Crippen LogP) is 3.55. The van der Waals surface area contributed by atoms with Gasteiger partial charge in [0, 0.05) is 12.4 Å². The number of carbonyl (C=O) groups excluding carboxylic acids is 1. The number of nitrogens with one attached hydrogen (secondary N) is 3. The maximum absolute atomic E-state index is 13.4. The fourth-order valence-corrected chi connectivity index (χ4v) is 7.47. The molecule has 3 aromatic heterocycles. The first-order valence-corrected chi connectivity index (χ1v) is 15.7. The molecule has 0 radical (unpaired) electrons. The molecule has 0 spiro atoms. The summed E-state index contributed by atoms with van der Waals surface area (Å²) in [7, 11) is -3.48. The number of sulfonamides is 1. The van der Waals surface area contributed by atoms with Gasteiger partial charge < -0.3 is 15.4 Å². The number of aromatic nitrogens is 4. The number of pyridine rings is 1. The first kappa shape index (κ1) is 27.4. The van der Waals surface area contributed by atoms with Gasteiger partial charge in [-0.1, -0.05) is 12.8 Å². The number of piperidine rings is 1. The Bertz CT molecular complexity index is 1390. The molecule has 3 aromatic rings. The van der Waals surface area contributed by atoms with Gasteiger partial charge in [-0.2, -0.15) is 0 Å². The Hall–Kier alpha value is -3.16. The van der Waals surface area contributed by atoms with E-state index < -0.39 is 16.1 Å². The molecule has 0 aromatic carbocycles. The number of ether oxygens (including phenoxy) is 1. The highest BCUT2D eigenvalue weighted by atomic mass is 32.2. The second-order valence-corrected chi connectivity index (χ2v) is 12.8. The van der Waals surface area contributed by atoms with Gasteiger partial charge >= 0.3 is 0 Å². The van der Waals surface area contributed by atoms with Crippen molar-refractivity contribution in [2.45, 2.75) is 56.7 Å². The van der Waals surface area contributed by atoms with Gasteiger partial charge in [-0.25, -0.2) is 18.4 Å². The zero-order chi connectivity index (χ0) is 27.2. The van der Waals surface area contributed by atoms with Crippen LogP contribution in [0.2, 0.25) is 0 Å². The van der Waals surface area contributed by atoms with Crippen LogP contribution in [0.25, 0.3) is 10.6 Å². The Morgan fingerprint density at radius 2 is 1.95 bits per heavy atom. The third-order valence-electron chi connectivity index (χ3n) is 7.10. The van der Waals surface area contributed by atoms with Crippen LogP contribution in [0.4, 0.5) is 5.69 Å². The molecule has 1 aliphatic heterocycles. The van der Waals surface area contributed by atoms with Crippen LogP contribution < -0.4 is 20.1 Å². The minimum Gasteiger partial charge on any atom is -0.477 e. The van der Waals surface area contributed by atoms with E-state index in [4.69, 9.17) is 4.74 Å². The molecule has 1 saturated carbocycles. The SMILES string of the molecule is CCOc1cncc(-c2cnc(C(=O)NC(c3cc(NS(=O)(=O)C4CCCC4)ccn3)C3CCNCC3)s2)n1. The molecule has 3 N–H and O–H groups in total. The Morgan fingerprint density at radius 1 is 1.15 bits per heavy atom. The zero-order valence-corrected chi connectivity index (χ0v) is 23.4. The smallest absolute Gasteiger partial charge is 0.280 e. The number of rotatable bonds is 10. The Morgan fingerprint density at radius 3 is 2.72 bits per heavy atom. The van der Waals surface area contributed by atoms with Gasteiger partial charge in [-0.3, -0.25) is 19.5 Å². The maximum atomic E-state index is 13.4. The highest BCUT2D eigenvalue weighted by molar-refractivity contribution is 7.93. The largest absolute Gasteiger partial charge is 0.477 e. The molecule has 1 atom stereocenters. The summed E-state index contributed by atoms with van der Waals surface area (Å²) in [5, 5.41) is 6.43. The van der Waals surface area contributed by atoms with Crippen molar-refractivity contribution in [3.63, 3.8) is 0 Å². The highest BCUT2D eigenvalue weighted by Crippen LogP contribution is 2.32. The van der Waals surface area contributed by atoms with Crippen LogP contribution in [0.3, 0.4) is 0 Å². The molecule has 1 amide bonds. The molecule has 4 heterocycles. The van der Waals surface area contributed by atoms with Gasteiger partial charge in [0.05, 0.1) is 46.6 Å². The topological polar surface area (TPSA) is 148 Å². The number of thiazole rings is 1.